The first-order chi connectivity index (χ1) is 16.0. The first-order valence-electron chi connectivity index (χ1n) is 10.4. The molecule has 0 aliphatic rings. The summed E-state index contributed by atoms with van der Waals surface area (Å²) in [5.41, 5.74) is 4.58. The largest absolute Gasteiger partial charge is 0.497 e. The van der Waals surface area contributed by atoms with Crippen molar-refractivity contribution in [3.05, 3.63) is 102 Å². The molecule has 4 rings (SSSR count). The quantitative estimate of drug-likeness (QED) is 0.310. The van der Waals surface area contributed by atoms with Gasteiger partial charge in [0.05, 0.1) is 18.5 Å². The maximum absolute atomic E-state index is 12.5. The van der Waals surface area contributed by atoms with Crippen LogP contribution in [0.4, 0.5) is 5.69 Å². The Labute approximate surface area is 192 Å². The van der Waals surface area contributed by atoms with Crippen molar-refractivity contribution < 1.29 is 14.3 Å². The van der Waals surface area contributed by atoms with Crippen LogP contribution in [0.1, 0.15) is 22.8 Å². The van der Waals surface area contributed by atoms with Crippen LogP contribution in [0.3, 0.4) is 0 Å². The molecule has 0 saturated heterocycles. The summed E-state index contributed by atoms with van der Waals surface area (Å²) in [5, 5.41) is 7.57. The lowest BCUT2D eigenvalue weighted by molar-refractivity contribution is -0.111. The molecule has 0 bridgehead atoms. The van der Waals surface area contributed by atoms with Crippen molar-refractivity contribution in [1.29, 1.82) is 0 Å². The van der Waals surface area contributed by atoms with Gasteiger partial charge in [-0.3, -0.25) is 9.59 Å². The number of anilines is 1. The van der Waals surface area contributed by atoms with Gasteiger partial charge in [-0.15, -0.1) is 0 Å². The molecule has 1 heterocycles. The standard InChI is InChI=1S/C27H23N3O3/c1-19(31)20-8-13-23(14-9-20)28-26(32)17-12-22-18-30(24-6-4-3-5-7-24)29-27(22)21-10-15-25(33-2)16-11-21/h3-18H,1-2H3,(H,28,32)/b17-12-. The van der Waals surface area contributed by atoms with Crippen molar-refractivity contribution in [3.63, 3.8) is 0 Å². The molecule has 164 valence electrons. The molecule has 0 aliphatic carbocycles. The van der Waals surface area contributed by atoms with Gasteiger partial charge in [0.2, 0.25) is 5.91 Å². The van der Waals surface area contributed by atoms with Crippen LogP contribution in [0.25, 0.3) is 23.0 Å². The fourth-order valence-electron chi connectivity index (χ4n) is 3.33. The van der Waals surface area contributed by atoms with Gasteiger partial charge in [-0.05, 0) is 73.7 Å². The van der Waals surface area contributed by atoms with Crippen LogP contribution in [0, 0.1) is 0 Å². The Hall–Kier alpha value is -4.45. The van der Waals surface area contributed by atoms with Crippen molar-refractivity contribution in [2.45, 2.75) is 6.92 Å². The zero-order valence-electron chi connectivity index (χ0n) is 18.4. The van der Waals surface area contributed by atoms with Crippen molar-refractivity contribution in [1.82, 2.24) is 9.78 Å². The second kappa shape index (κ2) is 9.78. The molecule has 0 saturated carbocycles. The van der Waals surface area contributed by atoms with E-state index >= 15 is 0 Å². The smallest absolute Gasteiger partial charge is 0.248 e. The third-order valence-corrected chi connectivity index (χ3v) is 5.10. The molecule has 0 atom stereocenters. The normalized spacial score (nSPS) is 10.8. The molecule has 1 amide bonds. The zero-order chi connectivity index (χ0) is 23.2. The van der Waals surface area contributed by atoms with Crippen LogP contribution >= 0.6 is 0 Å². The molecule has 33 heavy (non-hydrogen) atoms. The fraction of sp³-hybridized carbons (Fsp3) is 0.0741. The number of para-hydroxylation sites is 1. The highest BCUT2D eigenvalue weighted by Crippen LogP contribution is 2.26. The predicted octanol–water partition coefficient (Wildman–Crippen LogP) is 5.40. The van der Waals surface area contributed by atoms with Crippen LogP contribution in [0.15, 0.2) is 91.1 Å². The summed E-state index contributed by atoms with van der Waals surface area (Å²) in [6.07, 6.45) is 5.10. The van der Waals surface area contributed by atoms with E-state index in [0.717, 1.165) is 28.3 Å². The number of ether oxygens (including phenoxy) is 1. The Morgan fingerprint density at radius 1 is 0.939 bits per heavy atom. The highest BCUT2D eigenvalue weighted by Gasteiger charge is 2.11. The van der Waals surface area contributed by atoms with Crippen LogP contribution in [-0.2, 0) is 4.79 Å². The van der Waals surface area contributed by atoms with Gasteiger partial charge in [0.25, 0.3) is 0 Å². The van der Waals surface area contributed by atoms with E-state index in [1.54, 1.807) is 42.1 Å². The summed E-state index contributed by atoms with van der Waals surface area (Å²) < 4.78 is 7.04. The summed E-state index contributed by atoms with van der Waals surface area (Å²) in [6.45, 7) is 1.51. The second-order valence-electron chi connectivity index (χ2n) is 7.40. The average molecular weight is 437 g/mol. The van der Waals surface area contributed by atoms with Gasteiger partial charge in [0, 0.05) is 34.7 Å². The molecule has 1 aromatic heterocycles. The van der Waals surface area contributed by atoms with E-state index in [2.05, 4.69) is 5.32 Å². The lowest BCUT2D eigenvalue weighted by atomic mass is 10.1. The molecule has 0 spiro atoms. The lowest BCUT2D eigenvalue weighted by Gasteiger charge is -2.03. The Balaban J connectivity index is 1.60. The van der Waals surface area contributed by atoms with E-state index in [1.807, 2.05) is 60.8 Å². The zero-order valence-corrected chi connectivity index (χ0v) is 18.4. The minimum absolute atomic E-state index is 0.0192. The molecule has 0 unspecified atom stereocenters. The van der Waals surface area contributed by atoms with Crippen LogP contribution in [0.5, 0.6) is 5.75 Å². The molecular formula is C27H23N3O3. The monoisotopic (exact) mass is 437 g/mol. The first kappa shape index (κ1) is 21.8. The predicted molar refractivity (Wildman–Crippen MR) is 130 cm³/mol. The molecule has 4 aromatic rings. The van der Waals surface area contributed by atoms with Gasteiger partial charge in [0.1, 0.15) is 5.75 Å². The minimum atomic E-state index is -0.279. The number of benzene rings is 3. The number of hydrogen-bond donors (Lipinski definition) is 1. The van der Waals surface area contributed by atoms with E-state index in [0.29, 0.717) is 11.3 Å². The number of nitrogens with zero attached hydrogens (tertiary/aromatic N) is 2. The summed E-state index contributed by atoms with van der Waals surface area (Å²) in [5.74, 6) is 0.460. The summed E-state index contributed by atoms with van der Waals surface area (Å²) in [6, 6.07) is 24.2. The van der Waals surface area contributed by atoms with E-state index < -0.39 is 0 Å². The highest BCUT2D eigenvalue weighted by molar-refractivity contribution is 6.02. The number of Topliss-reactive ketones (excluding diaryl/α,β-unsaturated/α-hetero) is 1. The molecule has 3 aromatic carbocycles. The van der Waals surface area contributed by atoms with Gasteiger partial charge >= 0.3 is 0 Å². The first-order valence-corrected chi connectivity index (χ1v) is 10.4. The van der Waals surface area contributed by atoms with Gasteiger partial charge in [0.15, 0.2) is 5.78 Å². The molecular weight excluding hydrogens is 414 g/mol. The molecule has 6 heteroatoms. The average Bonchev–Trinajstić information content (AvgIpc) is 3.28. The Bertz CT molecular complexity index is 1290. The number of carbonyl (C=O) groups is 2. The van der Waals surface area contributed by atoms with Gasteiger partial charge in [-0.1, -0.05) is 18.2 Å². The second-order valence-corrected chi connectivity index (χ2v) is 7.40. The number of aromatic nitrogens is 2. The van der Waals surface area contributed by atoms with Crippen molar-refractivity contribution in [2.75, 3.05) is 12.4 Å². The SMILES string of the molecule is COc1ccc(-c2nn(-c3ccccc3)cc2/C=C\C(=O)Nc2ccc(C(C)=O)cc2)cc1. The van der Waals surface area contributed by atoms with Crippen LogP contribution in [-0.4, -0.2) is 28.6 Å². The van der Waals surface area contributed by atoms with Crippen molar-refractivity contribution in [2.24, 2.45) is 0 Å². The molecule has 6 nitrogen and oxygen atoms in total. The number of hydrogen-bond acceptors (Lipinski definition) is 4. The maximum atomic E-state index is 12.5. The summed E-state index contributed by atoms with van der Waals surface area (Å²) in [4.78, 5) is 23.9. The van der Waals surface area contributed by atoms with Crippen molar-refractivity contribution in [3.8, 4) is 22.7 Å². The third-order valence-electron chi connectivity index (χ3n) is 5.10. The van der Waals surface area contributed by atoms with Crippen LogP contribution < -0.4 is 10.1 Å². The Morgan fingerprint density at radius 3 is 2.27 bits per heavy atom. The molecule has 0 fully saturated rings. The van der Waals surface area contributed by atoms with Gasteiger partial charge in [-0.25, -0.2) is 4.68 Å². The Morgan fingerprint density at radius 2 is 1.64 bits per heavy atom. The third kappa shape index (κ3) is 5.25. The van der Waals surface area contributed by atoms with E-state index in [9.17, 15) is 9.59 Å². The fourth-order valence-corrected chi connectivity index (χ4v) is 3.33. The Kier molecular flexibility index (Phi) is 6.45. The topological polar surface area (TPSA) is 73.2 Å². The number of carbonyl (C=O) groups excluding carboxylic acids is 2. The summed E-state index contributed by atoms with van der Waals surface area (Å²) in [7, 11) is 1.62. The molecule has 0 aliphatic heterocycles. The molecule has 1 N–H and O–H groups in total. The van der Waals surface area contributed by atoms with Gasteiger partial charge in [-0.2, -0.15) is 5.10 Å². The molecule has 0 radical (unpaired) electrons. The minimum Gasteiger partial charge on any atom is -0.497 e. The number of ketones is 1. The highest BCUT2D eigenvalue weighted by atomic mass is 16.5. The summed E-state index contributed by atoms with van der Waals surface area (Å²) >= 11 is 0. The van der Waals surface area contributed by atoms with E-state index in [-0.39, 0.29) is 11.7 Å². The lowest BCUT2D eigenvalue weighted by Crippen LogP contribution is -2.07. The van der Waals surface area contributed by atoms with Crippen molar-refractivity contribution >= 4 is 23.5 Å². The number of amides is 1. The number of methoxy groups -OCH3 is 1. The number of rotatable bonds is 7. The van der Waals surface area contributed by atoms with E-state index in [4.69, 9.17) is 9.84 Å². The van der Waals surface area contributed by atoms with Gasteiger partial charge < -0.3 is 10.1 Å². The number of nitrogens with one attached hydrogen (secondary N) is 1. The maximum Gasteiger partial charge on any atom is 0.248 e. The van der Waals surface area contributed by atoms with Crippen LogP contribution in [0.2, 0.25) is 0 Å². The van der Waals surface area contributed by atoms with E-state index in [1.165, 1.54) is 13.0 Å².